The Morgan fingerprint density at radius 3 is 1.45 bits per heavy atom. The van der Waals surface area contributed by atoms with Gasteiger partial charge in [-0.2, -0.15) is 16.8 Å². The summed E-state index contributed by atoms with van der Waals surface area (Å²) in [5, 5.41) is 0. The Morgan fingerprint density at radius 2 is 1.10 bits per heavy atom. The van der Waals surface area contributed by atoms with Crippen LogP contribution in [0.4, 0.5) is 0 Å². The summed E-state index contributed by atoms with van der Waals surface area (Å²) in [4.78, 5) is -0.803. The molecule has 0 saturated carbocycles. The van der Waals surface area contributed by atoms with Crippen molar-refractivity contribution in [1.82, 2.24) is 0 Å². The maximum absolute atomic E-state index is 12.1. The molecular formula is C21H28O6S2. The minimum Gasteiger partial charge on any atom is -0.282 e. The number of rotatable bonds is 5. The maximum atomic E-state index is 12.1. The summed E-state index contributed by atoms with van der Waals surface area (Å²) in [7, 11) is -9.30. The summed E-state index contributed by atoms with van der Waals surface area (Å²) in [5.41, 5.74) is 0.631. The highest BCUT2D eigenvalue weighted by Gasteiger charge is 2.28. The van der Waals surface area contributed by atoms with E-state index in [1.54, 1.807) is 12.1 Å². The molecule has 0 bridgehead atoms. The standard InChI is InChI=1S/C21H28O6S2/c1-7-21(5,6)15-9-11-17(19(13-15)29(25,26)27)16-10-8-14(20(2,3)4)12-18(16)28(22,23)24/h8-13H,7H2,1-6H3,(H,22,23,24)(H,25,26,27). The fraction of sp³-hybridized carbons (Fsp3) is 0.429. The molecule has 2 aromatic rings. The second kappa shape index (κ2) is 7.50. The minimum atomic E-state index is -4.65. The van der Waals surface area contributed by atoms with Crippen LogP contribution in [0.1, 0.15) is 59.1 Å². The van der Waals surface area contributed by atoms with Crippen LogP contribution in [0.2, 0.25) is 0 Å². The van der Waals surface area contributed by atoms with Crippen LogP contribution in [0, 0.1) is 0 Å². The first kappa shape index (κ1) is 23.5. The molecule has 0 aliphatic carbocycles. The molecule has 0 spiro atoms. The third kappa shape index (κ3) is 5.06. The van der Waals surface area contributed by atoms with Crippen LogP contribution in [0.5, 0.6) is 0 Å². The molecule has 0 saturated heterocycles. The van der Waals surface area contributed by atoms with Gasteiger partial charge in [0, 0.05) is 11.1 Å². The monoisotopic (exact) mass is 440 g/mol. The van der Waals surface area contributed by atoms with Gasteiger partial charge in [0.25, 0.3) is 20.2 Å². The topological polar surface area (TPSA) is 109 Å². The number of hydrogen-bond acceptors (Lipinski definition) is 4. The van der Waals surface area contributed by atoms with E-state index in [9.17, 15) is 25.9 Å². The molecular weight excluding hydrogens is 412 g/mol. The lowest BCUT2D eigenvalue weighted by molar-refractivity contribution is 0.478. The van der Waals surface area contributed by atoms with Crippen LogP contribution in [-0.2, 0) is 31.1 Å². The molecule has 6 nitrogen and oxygen atoms in total. The molecule has 2 N–H and O–H groups in total. The predicted molar refractivity (Wildman–Crippen MR) is 114 cm³/mol. The van der Waals surface area contributed by atoms with Gasteiger partial charge < -0.3 is 0 Å². The van der Waals surface area contributed by atoms with Crippen molar-refractivity contribution in [2.45, 2.75) is 68.6 Å². The first-order chi connectivity index (χ1) is 13.0. The molecule has 0 fully saturated rings. The van der Waals surface area contributed by atoms with Crippen molar-refractivity contribution < 1.29 is 25.9 Å². The van der Waals surface area contributed by atoms with Crippen LogP contribution < -0.4 is 0 Å². The highest BCUT2D eigenvalue weighted by Crippen LogP contribution is 2.38. The second-order valence-corrected chi connectivity index (χ2v) is 11.6. The van der Waals surface area contributed by atoms with Crippen molar-refractivity contribution in [3.8, 4) is 11.1 Å². The average Bonchev–Trinajstić information content (AvgIpc) is 2.58. The third-order valence-corrected chi connectivity index (χ3v) is 7.13. The van der Waals surface area contributed by atoms with E-state index in [1.165, 1.54) is 24.3 Å². The van der Waals surface area contributed by atoms with Crippen LogP contribution in [0.3, 0.4) is 0 Å². The fourth-order valence-corrected chi connectivity index (χ4v) is 4.47. The fourth-order valence-electron chi connectivity index (χ4n) is 3.01. The quantitative estimate of drug-likeness (QED) is 0.645. The molecule has 0 atom stereocenters. The van der Waals surface area contributed by atoms with Gasteiger partial charge in [0.05, 0.1) is 0 Å². The Kier molecular flexibility index (Phi) is 6.09. The van der Waals surface area contributed by atoms with Crippen molar-refractivity contribution in [2.75, 3.05) is 0 Å². The molecule has 29 heavy (non-hydrogen) atoms. The van der Waals surface area contributed by atoms with E-state index in [-0.39, 0.29) is 16.5 Å². The Morgan fingerprint density at radius 1 is 0.724 bits per heavy atom. The van der Waals surface area contributed by atoms with E-state index >= 15 is 0 Å². The van der Waals surface area contributed by atoms with E-state index in [1.807, 2.05) is 41.5 Å². The largest absolute Gasteiger partial charge is 0.295 e. The van der Waals surface area contributed by atoms with Gasteiger partial charge >= 0.3 is 0 Å². The highest BCUT2D eigenvalue weighted by molar-refractivity contribution is 7.86. The Hall–Kier alpha value is -1.74. The highest BCUT2D eigenvalue weighted by atomic mass is 32.2. The summed E-state index contributed by atoms with van der Waals surface area (Å²) >= 11 is 0. The van der Waals surface area contributed by atoms with E-state index in [2.05, 4.69) is 0 Å². The van der Waals surface area contributed by atoms with Crippen molar-refractivity contribution in [1.29, 1.82) is 0 Å². The van der Waals surface area contributed by atoms with Gasteiger partial charge in [-0.3, -0.25) is 9.11 Å². The Bertz CT molecular complexity index is 1140. The molecule has 2 rings (SSSR count). The van der Waals surface area contributed by atoms with E-state index in [4.69, 9.17) is 0 Å². The van der Waals surface area contributed by atoms with Crippen LogP contribution >= 0.6 is 0 Å². The summed E-state index contributed by atoms with van der Waals surface area (Å²) in [5.74, 6) is 0. The zero-order valence-electron chi connectivity index (χ0n) is 17.5. The van der Waals surface area contributed by atoms with Gasteiger partial charge in [-0.25, -0.2) is 0 Å². The molecule has 160 valence electrons. The molecule has 0 radical (unpaired) electrons. The molecule has 0 amide bonds. The molecule has 8 heteroatoms. The second-order valence-electron chi connectivity index (χ2n) is 8.86. The van der Waals surface area contributed by atoms with E-state index in [0.29, 0.717) is 11.1 Å². The Balaban J connectivity index is 2.91. The maximum Gasteiger partial charge on any atom is 0.295 e. The average molecular weight is 441 g/mol. The van der Waals surface area contributed by atoms with Crippen molar-refractivity contribution >= 4 is 20.2 Å². The van der Waals surface area contributed by atoms with Crippen molar-refractivity contribution in [3.05, 3.63) is 47.5 Å². The van der Waals surface area contributed by atoms with Crippen molar-refractivity contribution in [2.24, 2.45) is 0 Å². The summed E-state index contributed by atoms with van der Waals surface area (Å²) in [6.45, 7) is 11.5. The SMILES string of the molecule is CCC(C)(C)c1ccc(-c2ccc(C(C)(C)C)cc2S(=O)(=O)O)c(S(=O)(=O)O)c1. The van der Waals surface area contributed by atoms with Gasteiger partial charge in [0.1, 0.15) is 9.79 Å². The molecule has 0 heterocycles. The zero-order valence-corrected chi connectivity index (χ0v) is 19.1. The van der Waals surface area contributed by atoms with Gasteiger partial charge in [-0.05, 0) is 40.5 Å². The van der Waals surface area contributed by atoms with E-state index in [0.717, 1.165) is 6.42 Å². The normalized spacial score (nSPS) is 13.5. The van der Waals surface area contributed by atoms with Gasteiger partial charge in [-0.1, -0.05) is 65.8 Å². The minimum absolute atomic E-state index is 0.00831. The first-order valence-electron chi connectivity index (χ1n) is 9.23. The molecule has 0 unspecified atom stereocenters. The van der Waals surface area contributed by atoms with Gasteiger partial charge in [0.2, 0.25) is 0 Å². The van der Waals surface area contributed by atoms with E-state index < -0.39 is 35.4 Å². The lowest BCUT2D eigenvalue weighted by Crippen LogP contribution is -2.17. The molecule has 0 aromatic heterocycles. The molecule has 0 aliphatic rings. The zero-order chi connectivity index (χ0) is 22.4. The lowest BCUT2D eigenvalue weighted by Gasteiger charge is -2.25. The van der Waals surface area contributed by atoms with Crippen molar-refractivity contribution in [3.63, 3.8) is 0 Å². The third-order valence-electron chi connectivity index (χ3n) is 5.34. The van der Waals surface area contributed by atoms with Crippen LogP contribution in [-0.4, -0.2) is 25.9 Å². The van der Waals surface area contributed by atoms with Crippen LogP contribution in [0.25, 0.3) is 11.1 Å². The molecule has 0 aliphatic heterocycles. The Labute approximate surface area is 173 Å². The number of hydrogen-bond donors (Lipinski definition) is 2. The smallest absolute Gasteiger partial charge is 0.282 e. The summed E-state index contributed by atoms with van der Waals surface area (Å²) < 4.78 is 68.0. The van der Waals surface area contributed by atoms with Gasteiger partial charge in [-0.15, -0.1) is 0 Å². The van der Waals surface area contributed by atoms with Gasteiger partial charge in [0.15, 0.2) is 0 Å². The summed E-state index contributed by atoms with van der Waals surface area (Å²) in [6, 6.07) is 9.01. The molecule has 2 aromatic carbocycles. The predicted octanol–water partition coefficient (Wildman–Crippen LogP) is 4.83. The first-order valence-corrected chi connectivity index (χ1v) is 12.1. The number of benzene rings is 2. The van der Waals surface area contributed by atoms with Crippen LogP contribution in [0.15, 0.2) is 46.2 Å². The summed E-state index contributed by atoms with van der Waals surface area (Å²) in [6.07, 6.45) is 0.730. The lowest BCUT2D eigenvalue weighted by atomic mass is 9.81.